The molecule has 1 N–H and O–H groups in total. The molecule has 3 heterocycles. The second kappa shape index (κ2) is 8.34. The number of ether oxygens (including phenoxy) is 1. The van der Waals surface area contributed by atoms with E-state index in [4.69, 9.17) is 0 Å². The standard InChI is InChI=1S/C21H11F6N5O/c22-12-1-6-17-31-19(21(25,26)27)18(32(17)10-12)15-7-11(9-28)8-16(30-15)29-13-2-4-14(5-3-13)33-20(23)24/h1-8,10,20H,(H,29,30). The van der Waals surface area contributed by atoms with Crippen molar-refractivity contribution in [3.8, 4) is 23.2 Å². The number of nitrogens with zero attached hydrogens (tertiary/aromatic N) is 4. The van der Waals surface area contributed by atoms with Gasteiger partial charge in [-0.3, -0.25) is 4.40 Å². The molecule has 33 heavy (non-hydrogen) atoms. The first-order valence-electron chi connectivity index (χ1n) is 9.13. The molecule has 4 aromatic rings. The minimum atomic E-state index is -4.88. The Kier molecular flexibility index (Phi) is 5.55. The third-order valence-electron chi connectivity index (χ3n) is 4.40. The van der Waals surface area contributed by atoms with Crippen LogP contribution in [0.1, 0.15) is 11.3 Å². The van der Waals surface area contributed by atoms with Crippen molar-refractivity contribution in [3.63, 3.8) is 0 Å². The molecule has 0 atom stereocenters. The summed E-state index contributed by atoms with van der Waals surface area (Å²) in [6, 6.07) is 11.5. The topological polar surface area (TPSA) is 75.2 Å². The molecule has 0 radical (unpaired) electrons. The summed E-state index contributed by atoms with van der Waals surface area (Å²) in [6.45, 7) is -3.00. The van der Waals surface area contributed by atoms with Crippen LogP contribution in [0.15, 0.2) is 54.7 Å². The molecule has 0 fully saturated rings. The van der Waals surface area contributed by atoms with Gasteiger partial charge in [-0.05, 0) is 48.5 Å². The monoisotopic (exact) mass is 463 g/mol. The van der Waals surface area contributed by atoms with E-state index in [2.05, 4.69) is 20.0 Å². The molecule has 0 bridgehead atoms. The summed E-state index contributed by atoms with van der Waals surface area (Å²) in [5.41, 5.74) is -1.97. The maximum atomic E-state index is 13.8. The number of nitriles is 1. The van der Waals surface area contributed by atoms with Crippen molar-refractivity contribution in [1.82, 2.24) is 14.4 Å². The number of anilines is 2. The molecule has 0 saturated carbocycles. The molecular formula is C21H11F6N5O. The number of halogens is 6. The van der Waals surface area contributed by atoms with Crippen LogP contribution in [0.25, 0.3) is 17.0 Å². The lowest BCUT2D eigenvalue weighted by atomic mass is 10.1. The summed E-state index contributed by atoms with van der Waals surface area (Å²) in [5.74, 6) is -0.903. The van der Waals surface area contributed by atoms with Gasteiger partial charge in [0.25, 0.3) is 0 Å². The minimum absolute atomic E-state index is 0.00828. The van der Waals surface area contributed by atoms with E-state index in [-0.39, 0.29) is 28.5 Å². The fraction of sp³-hybridized carbons (Fsp3) is 0.0952. The Balaban J connectivity index is 1.80. The van der Waals surface area contributed by atoms with Crippen LogP contribution in [0.2, 0.25) is 0 Å². The lowest BCUT2D eigenvalue weighted by molar-refractivity contribution is -0.140. The molecule has 3 aromatic heterocycles. The van der Waals surface area contributed by atoms with Crippen LogP contribution in [0.4, 0.5) is 37.8 Å². The molecule has 0 aliphatic rings. The maximum absolute atomic E-state index is 13.8. The summed E-state index contributed by atoms with van der Waals surface area (Å²) in [6.07, 6.45) is -4.04. The highest BCUT2D eigenvalue weighted by atomic mass is 19.4. The van der Waals surface area contributed by atoms with Crippen LogP contribution in [-0.2, 0) is 6.18 Å². The molecular weight excluding hydrogens is 452 g/mol. The van der Waals surface area contributed by atoms with Crippen LogP contribution in [0.5, 0.6) is 5.75 Å². The van der Waals surface area contributed by atoms with Gasteiger partial charge in [-0.25, -0.2) is 14.4 Å². The Morgan fingerprint density at radius 3 is 2.39 bits per heavy atom. The van der Waals surface area contributed by atoms with Gasteiger partial charge in [0.15, 0.2) is 5.69 Å². The van der Waals surface area contributed by atoms with Gasteiger partial charge in [0, 0.05) is 11.9 Å². The molecule has 0 unspecified atom stereocenters. The van der Waals surface area contributed by atoms with E-state index in [0.29, 0.717) is 5.69 Å². The van der Waals surface area contributed by atoms with E-state index in [9.17, 15) is 31.6 Å². The molecule has 0 aliphatic carbocycles. The Morgan fingerprint density at radius 2 is 1.76 bits per heavy atom. The van der Waals surface area contributed by atoms with E-state index in [1.165, 1.54) is 30.3 Å². The summed E-state index contributed by atoms with van der Waals surface area (Å²) < 4.78 is 84.6. The number of alkyl halides is 5. The van der Waals surface area contributed by atoms with Crippen molar-refractivity contribution in [2.24, 2.45) is 0 Å². The normalized spacial score (nSPS) is 11.6. The quantitative estimate of drug-likeness (QED) is 0.381. The number of fused-ring (bicyclic) bond motifs is 1. The van der Waals surface area contributed by atoms with Gasteiger partial charge in [-0.15, -0.1) is 0 Å². The van der Waals surface area contributed by atoms with Crippen molar-refractivity contribution in [3.05, 3.63) is 71.8 Å². The highest BCUT2D eigenvalue weighted by molar-refractivity contribution is 5.69. The summed E-state index contributed by atoms with van der Waals surface area (Å²) in [5, 5.41) is 12.1. The SMILES string of the molecule is N#Cc1cc(Nc2ccc(OC(F)F)cc2)nc(-c2c(C(F)(F)F)nc3ccc(F)cn23)c1. The van der Waals surface area contributed by atoms with Crippen molar-refractivity contribution >= 4 is 17.2 Å². The lowest BCUT2D eigenvalue weighted by Crippen LogP contribution is -2.09. The van der Waals surface area contributed by atoms with Crippen LogP contribution >= 0.6 is 0 Å². The van der Waals surface area contributed by atoms with E-state index < -0.39 is 30.0 Å². The first kappa shape index (κ1) is 21.9. The van der Waals surface area contributed by atoms with Crippen LogP contribution in [-0.4, -0.2) is 21.0 Å². The number of hydrogen-bond acceptors (Lipinski definition) is 5. The van der Waals surface area contributed by atoms with Gasteiger partial charge in [-0.2, -0.15) is 27.2 Å². The van der Waals surface area contributed by atoms with Gasteiger partial charge in [-0.1, -0.05) is 0 Å². The van der Waals surface area contributed by atoms with Crippen LogP contribution in [0.3, 0.4) is 0 Å². The van der Waals surface area contributed by atoms with E-state index in [1.807, 2.05) is 6.07 Å². The Labute approximate surface area is 181 Å². The summed E-state index contributed by atoms with van der Waals surface area (Å²) >= 11 is 0. The Bertz CT molecular complexity index is 1360. The van der Waals surface area contributed by atoms with Crippen molar-refractivity contribution in [2.75, 3.05) is 5.32 Å². The molecule has 0 saturated heterocycles. The van der Waals surface area contributed by atoms with Crippen molar-refractivity contribution in [2.45, 2.75) is 12.8 Å². The molecule has 0 aliphatic heterocycles. The highest BCUT2D eigenvalue weighted by Crippen LogP contribution is 2.37. The summed E-state index contributed by atoms with van der Waals surface area (Å²) in [4.78, 5) is 7.70. The zero-order valence-electron chi connectivity index (χ0n) is 16.2. The predicted octanol–water partition coefficient (Wildman–Crippen LogP) is 5.77. The number of nitrogens with one attached hydrogen (secondary N) is 1. The Morgan fingerprint density at radius 1 is 1.03 bits per heavy atom. The van der Waals surface area contributed by atoms with Gasteiger partial charge in [0.1, 0.15) is 28.7 Å². The van der Waals surface area contributed by atoms with Gasteiger partial charge >= 0.3 is 12.8 Å². The molecule has 0 amide bonds. The zero-order valence-corrected chi connectivity index (χ0v) is 16.2. The van der Waals surface area contributed by atoms with Gasteiger partial charge < -0.3 is 10.1 Å². The lowest BCUT2D eigenvalue weighted by Gasteiger charge is -2.12. The smallest absolute Gasteiger partial charge is 0.435 e. The first-order valence-corrected chi connectivity index (χ1v) is 9.13. The van der Waals surface area contributed by atoms with Crippen molar-refractivity contribution < 1.29 is 31.1 Å². The number of hydrogen-bond donors (Lipinski definition) is 1. The molecule has 12 heteroatoms. The van der Waals surface area contributed by atoms with E-state index in [1.54, 1.807) is 0 Å². The van der Waals surface area contributed by atoms with Crippen LogP contribution < -0.4 is 10.1 Å². The third-order valence-corrected chi connectivity index (χ3v) is 4.40. The number of pyridine rings is 2. The van der Waals surface area contributed by atoms with Crippen molar-refractivity contribution in [1.29, 1.82) is 5.26 Å². The van der Waals surface area contributed by atoms with E-state index >= 15 is 0 Å². The first-order chi connectivity index (χ1) is 15.6. The average Bonchev–Trinajstić information content (AvgIpc) is 3.14. The Hall–Kier alpha value is -4.27. The number of imidazole rings is 1. The molecule has 168 valence electrons. The third kappa shape index (κ3) is 4.67. The predicted molar refractivity (Wildman–Crippen MR) is 104 cm³/mol. The fourth-order valence-corrected chi connectivity index (χ4v) is 3.11. The highest BCUT2D eigenvalue weighted by Gasteiger charge is 2.39. The molecule has 6 nitrogen and oxygen atoms in total. The minimum Gasteiger partial charge on any atom is -0.435 e. The zero-order chi connectivity index (χ0) is 23.8. The summed E-state index contributed by atoms with van der Waals surface area (Å²) in [7, 11) is 0. The number of aromatic nitrogens is 3. The van der Waals surface area contributed by atoms with E-state index in [0.717, 1.165) is 28.8 Å². The maximum Gasteiger partial charge on any atom is 0.435 e. The second-order valence-electron chi connectivity index (χ2n) is 6.65. The average molecular weight is 463 g/mol. The number of rotatable bonds is 5. The van der Waals surface area contributed by atoms with Crippen LogP contribution in [0, 0.1) is 17.1 Å². The number of benzene rings is 1. The molecule has 1 aromatic carbocycles. The fourth-order valence-electron chi connectivity index (χ4n) is 3.11. The van der Waals surface area contributed by atoms with Gasteiger partial charge in [0.05, 0.1) is 17.3 Å². The molecule has 4 rings (SSSR count). The molecule has 0 spiro atoms. The largest absolute Gasteiger partial charge is 0.435 e. The van der Waals surface area contributed by atoms with Gasteiger partial charge in [0.2, 0.25) is 0 Å². The second-order valence-corrected chi connectivity index (χ2v) is 6.65.